The Balaban J connectivity index is 1.74. The maximum atomic E-state index is 13.6. The lowest BCUT2D eigenvalue weighted by Gasteiger charge is -2.22. The number of hydrogen-bond donors (Lipinski definition) is 0. The molecule has 3 aromatic rings. The number of benzene rings is 2. The fourth-order valence-electron chi connectivity index (χ4n) is 4.17. The van der Waals surface area contributed by atoms with Gasteiger partial charge in [-0.15, -0.1) is 0 Å². The standard InChI is InChI=1S/C27H20O5/c1-15-25-22(28)13-12-20(27(29)26(25)16(2)31-15)21-14-24(17-8-10-18(30-3)11-9-17)32-23-7-5-4-6-19(21)23/h4-14H,1-3H3/b21-20+. The van der Waals surface area contributed by atoms with Crippen molar-refractivity contribution < 1.29 is 23.5 Å². The van der Waals surface area contributed by atoms with Gasteiger partial charge in [-0.1, -0.05) is 18.2 Å². The number of Topliss-reactive ketones (excluding diaryl/α,β-unsaturated/α-hetero) is 1. The van der Waals surface area contributed by atoms with E-state index < -0.39 is 0 Å². The second kappa shape index (κ2) is 7.54. The molecule has 0 unspecified atom stereocenters. The third-order valence-corrected chi connectivity index (χ3v) is 5.72. The van der Waals surface area contributed by atoms with E-state index in [1.807, 2.05) is 54.6 Å². The van der Waals surface area contributed by atoms with Crippen molar-refractivity contribution in [2.45, 2.75) is 13.8 Å². The summed E-state index contributed by atoms with van der Waals surface area (Å²) in [5.41, 5.74) is 3.39. The molecule has 0 saturated carbocycles. The molecule has 5 rings (SSSR count). The molecule has 1 aliphatic carbocycles. The molecule has 5 nitrogen and oxygen atoms in total. The molecule has 0 spiro atoms. The molecule has 0 saturated heterocycles. The average molecular weight is 424 g/mol. The molecule has 2 aliphatic rings. The number of hydrogen-bond acceptors (Lipinski definition) is 5. The van der Waals surface area contributed by atoms with E-state index in [1.165, 1.54) is 6.08 Å². The molecule has 0 radical (unpaired) electrons. The van der Waals surface area contributed by atoms with Crippen molar-refractivity contribution in [1.29, 1.82) is 0 Å². The molecule has 158 valence electrons. The van der Waals surface area contributed by atoms with Crippen LogP contribution in [0.2, 0.25) is 0 Å². The Hall–Kier alpha value is -4.12. The van der Waals surface area contributed by atoms with Gasteiger partial charge >= 0.3 is 0 Å². The smallest absolute Gasteiger partial charge is 0.197 e. The van der Waals surface area contributed by atoms with Crippen molar-refractivity contribution in [2.24, 2.45) is 0 Å². The maximum Gasteiger partial charge on any atom is 0.197 e. The first-order chi connectivity index (χ1) is 15.5. The Kier molecular flexibility index (Phi) is 4.67. The highest BCUT2D eigenvalue weighted by molar-refractivity contribution is 6.25. The van der Waals surface area contributed by atoms with Gasteiger partial charge in [-0.05, 0) is 62.4 Å². The lowest BCUT2D eigenvalue weighted by molar-refractivity contribution is 0.101. The highest BCUT2D eigenvalue weighted by Gasteiger charge is 2.31. The lowest BCUT2D eigenvalue weighted by atomic mass is 9.90. The summed E-state index contributed by atoms with van der Waals surface area (Å²) in [6.07, 6.45) is 4.88. The summed E-state index contributed by atoms with van der Waals surface area (Å²) in [6, 6.07) is 15.0. The monoisotopic (exact) mass is 424 g/mol. The van der Waals surface area contributed by atoms with Crippen LogP contribution in [-0.2, 0) is 0 Å². The fraction of sp³-hybridized carbons (Fsp3) is 0.111. The van der Waals surface area contributed by atoms with E-state index in [0.717, 1.165) is 16.9 Å². The van der Waals surface area contributed by atoms with E-state index in [0.29, 0.717) is 45.3 Å². The molecule has 0 N–H and O–H groups in total. The zero-order valence-electron chi connectivity index (χ0n) is 17.9. The van der Waals surface area contributed by atoms with E-state index >= 15 is 0 Å². The van der Waals surface area contributed by atoms with Crippen LogP contribution in [0.15, 0.2) is 76.7 Å². The predicted molar refractivity (Wildman–Crippen MR) is 121 cm³/mol. The number of furan rings is 1. The molecule has 1 aromatic heterocycles. The second-order valence-electron chi connectivity index (χ2n) is 7.65. The number of para-hydroxylation sites is 1. The van der Waals surface area contributed by atoms with E-state index in [9.17, 15) is 9.59 Å². The minimum Gasteiger partial charge on any atom is -0.497 e. The largest absolute Gasteiger partial charge is 0.497 e. The number of methoxy groups -OCH3 is 1. The SMILES string of the molecule is COc1ccc(C2=C/C(=C3/C=CC(=O)c4c(C)oc(C)c4C3=O)c3ccccc3O2)cc1. The molecule has 0 bridgehead atoms. The summed E-state index contributed by atoms with van der Waals surface area (Å²) in [7, 11) is 1.61. The van der Waals surface area contributed by atoms with Crippen LogP contribution in [0.4, 0.5) is 0 Å². The summed E-state index contributed by atoms with van der Waals surface area (Å²) in [4.78, 5) is 26.4. The number of fused-ring (bicyclic) bond motifs is 2. The lowest BCUT2D eigenvalue weighted by Crippen LogP contribution is -2.10. The average Bonchev–Trinajstić information content (AvgIpc) is 3.04. The van der Waals surface area contributed by atoms with Gasteiger partial charge in [0, 0.05) is 22.3 Å². The minimum absolute atomic E-state index is 0.238. The zero-order valence-corrected chi connectivity index (χ0v) is 17.9. The van der Waals surface area contributed by atoms with E-state index in [1.54, 1.807) is 27.0 Å². The summed E-state index contributed by atoms with van der Waals surface area (Å²) in [6.45, 7) is 3.41. The Labute approximate surface area is 185 Å². The van der Waals surface area contributed by atoms with Crippen molar-refractivity contribution >= 4 is 22.9 Å². The van der Waals surface area contributed by atoms with Crippen molar-refractivity contribution in [2.75, 3.05) is 7.11 Å². The topological polar surface area (TPSA) is 65.7 Å². The number of carbonyl (C=O) groups is 2. The van der Waals surface area contributed by atoms with Crippen LogP contribution in [0.1, 0.15) is 43.4 Å². The molecular weight excluding hydrogens is 404 g/mol. The number of ketones is 2. The first-order valence-corrected chi connectivity index (χ1v) is 10.2. The normalized spacial score (nSPS) is 17.3. The van der Waals surface area contributed by atoms with Gasteiger partial charge in [0.25, 0.3) is 0 Å². The highest BCUT2D eigenvalue weighted by Crippen LogP contribution is 2.41. The molecule has 0 atom stereocenters. The van der Waals surface area contributed by atoms with Gasteiger partial charge in [0.05, 0.1) is 18.2 Å². The van der Waals surface area contributed by atoms with E-state index in [2.05, 4.69) is 0 Å². The van der Waals surface area contributed by atoms with Gasteiger partial charge in [-0.2, -0.15) is 0 Å². The van der Waals surface area contributed by atoms with Gasteiger partial charge in [-0.25, -0.2) is 0 Å². The Bertz CT molecular complexity index is 1360. The van der Waals surface area contributed by atoms with Gasteiger partial charge in [-0.3, -0.25) is 9.59 Å². The van der Waals surface area contributed by atoms with Gasteiger partial charge in [0.15, 0.2) is 11.6 Å². The molecule has 1 aliphatic heterocycles. The van der Waals surface area contributed by atoms with Gasteiger partial charge < -0.3 is 13.9 Å². The molecule has 5 heteroatoms. The number of ether oxygens (including phenoxy) is 2. The second-order valence-corrected chi connectivity index (χ2v) is 7.65. The summed E-state index contributed by atoms with van der Waals surface area (Å²) < 4.78 is 17.0. The Morgan fingerprint density at radius 3 is 2.28 bits per heavy atom. The minimum atomic E-state index is -0.242. The number of allylic oxidation sites excluding steroid dienone is 5. The van der Waals surface area contributed by atoms with Crippen LogP contribution in [0.3, 0.4) is 0 Å². The molecule has 0 amide bonds. The third-order valence-electron chi connectivity index (χ3n) is 5.72. The molecule has 0 fully saturated rings. The van der Waals surface area contributed by atoms with Gasteiger partial charge in [0.1, 0.15) is 28.8 Å². The summed E-state index contributed by atoms with van der Waals surface area (Å²) in [5.74, 6) is 2.40. The van der Waals surface area contributed by atoms with Crippen molar-refractivity contribution in [3.8, 4) is 11.5 Å². The van der Waals surface area contributed by atoms with Crippen LogP contribution >= 0.6 is 0 Å². The van der Waals surface area contributed by atoms with E-state index in [-0.39, 0.29) is 11.6 Å². The van der Waals surface area contributed by atoms with Crippen molar-refractivity contribution in [3.63, 3.8) is 0 Å². The quantitative estimate of drug-likeness (QED) is 0.492. The molecule has 32 heavy (non-hydrogen) atoms. The van der Waals surface area contributed by atoms with Crippen molar-refractivity contribution in [1.82, 2.24) is 0 Å². The van der Waals surface area contributed by atoms with Crippen LogP contribution in [0.5, 0.6) is 11.5 Å². The Morgan fingerprint density at radius 1 is 0.812 bits per heavy atom. The van der Waals surface area contributed by atoms with Crippen LogP contribution in [0, 0.1) is 13.8 Å². The summed E-state index contributed by atoms with van der Waals surface area (Å²) in [5, 5.41) is 0. The zero-order chi connectivity index (χ0) is 22.4. The first kappa shape index (κ1) is 19.8. The predicted octanol–water partition coefficient (Wildman–Crippen LogP) is 5.73. The van der Waals surface area contributed by atoms with Crippen LogP contribution < -0.4 is 9.47 Å². The number of rotatable bonds is 2. The number of carbonyl (C=O) groups excluding carboxylic acids is 2. The molecule has 2 aromatic carbocycles. The maximum absolute atomic E-state index is 13.6. The first-order valence-electron chi connectivity index (χ1n) is 10.2. The third kappa shape index (κ3) is 3.10. The number of aryl methyl sites for hydroxylation is 2. The Morgan fingerprint density at radius 2 is 1.53 bits per heavy atom. The van der Waals surface area contributed by atoms with Crippen molar-refractivity contribution in [3.05, 3.63) is 106 Å². The van der Waals surface area contributed by atoms with Crippen LogP contribution in [0.25, 0.3) is 11.3 Å². The highest BCUT2D eigenvalue weighted by atomic mass is 16.5. The van der Waals surface area contributed by atoms with Crippen LogP contribution in [-0.4, -0.2) is 18.7 Å². The molecular formula is C27H20O5. The fourth-order valence-corrected chi connectivity index (χ4v) is 4.17. The summed E-state index contributed by atoms with van der Waals surface area (Å²) >= 11 is 0. The van der Waals surface area contributed by atoms with E-state index in [4.69, 9.17) is 13.9 Å². The van der Waals surface area contributed by atoms with Gasteiger partial charge in [0.2, 0.25) is 0 Å². The molecule has 2 heterocycles.